The Morgan fingerprint density at radius 1 is 1.42 bits per heavy atom. The summed E-state index contributed by atoms with van der Waals surface area (Å²) < 4.78 is 5.26. The first kappa shape index (κ1) is 11.2. The zero-order valence-corrected chi connectivity index (χ0v) is 7.87. The minimum Gasteiger partial charge on any atom is -0.389 e. The minimum absolute atomic E-state index is 0.0143. The molecule has 0 aromatic carbocycles. The first-order valence-corrected chi connectivity index (χ1v) is 4.04. The molecule has 0 aromatic heterocycles. The molecule has 2 atom stereocenters. The number of hydrogen-bond acceptors (Lipinski definition) is 2. The SMILES string of the molecule is CC#CCO[C@H](C)C=C[C@H](C)O. The van der Waals surface area contributed by atoms with Crippen LogP contribution in [0.4, 0.5) is 0 Å². The van der Waals surface area contributed by atoms with E-state index < -0.39 is 6.10 Å². The fourth-order valence-corrected chi connectivity index (χ4v) is 0.618. The van der Waals surface area contributed by atoms with Gasteiger partial charge in [-0.3, -0.25) is 0 Å². The Morgan fingerprint density at radius 3 is 2.58 bits per heavy atom. The summed E-state index contributed by atoms with van der Waals surface area (Å²) in [7, 11) is 0. The van der Waals surface area contributed by atoms with Crippen molar-refractivity contribution in [1.29, 1.82) is 0 Å². The quantitative estimate of drug-likeness (QED) is 0.507. The Bertz CT molecular complexity index is 184. The number of hydrogen-bond donors (Lipinski definition) is 1. The molecule has 0 saturated heterocycles. The average molecular weight is 168 g/mol. The van der Waals surface area contributed by atoms with Crippen LogP contribution in [-0.2, 0) is 4.74 Å². The van der Waals surface area contributed by atoms with Gasteiger partial charge in [0.15, 0.2) is 0 Å². The van der Waals surface area contributed by atoms with Crippen LogP contribution < -0.4 is 0 Å². The fourth-order valence-electron chi connectivity index (χ4n) is 0.618. The summed E-state index contributed by atoms with van der Waals surface area (Å²) >= 11 is 0. The topological polar surface area (TPSA) is 29.5 Å². The molecule has 0 spiro atoms. The third-order valence-corrected chi connectivity index (χ3v) is 1.26. The molecule has 0 unspecified atom stereocenters. The van der Waals surface area contributed by atoms with E-state index in [2.05, 4.69) is 11.8 Å². The lowest BCUT2D eigenvalue weighted by Gasteiger charge is -2.04. The summed E-state index contributed by atoms with van der Waals surface area (Å²) in [5.74, 6) is 5.54. The Kier molecular flexibility index (Phi) is 6.45. The van der Waals surface area contributed by atoms with E-state index in [1.807, 2.05) is 13.0 Å². The van der Waals surface area contributed by atoms with Crippen LogP contribution in [0.1, 0.15) is 20.8 Å². The smallest absolute Gasteiger partial charge is 0.108 e. The maximum absolute atomic E-state index is 8.90. The van der Waals surface area contributed by atoms with Crippen molar-refractivity contribution in [3.8, 4) is 11.8 Å². The summed E-state index contributed by atoms with van der Waals surface area (Å²) in [6, 6.07) is 0. The van der Waals surface area contributed by atoms with Gasteiger partial charge in [0.2, 0.25) is 0 Å². The highest BCUT2D eigenvalue weighted by atomic mass is 16.5. The average Bonchev–Trinajstić information content (AvgIpc) is 2.01. The summed E-state index contributed by atoms with van der Waals surface area (Å²) in [5, 5.41) is 8.90. The van der Waals surface area contributed by atoms with E-state index in [0.717, 1.165) is 0 Å². The number of ether oxygens (including phenoxy) is 1. The summed E-state index contributed by atoms with van der Waals surface area (Å²) in [6.07, 6.45) is 3.13. The highest BCUT2D eigenvalue weighted by Crippen LogP contribution is 1.93. The third kappa shape index (κ3) is 7.33. The van der Waals surface area contributed by atoms with Gasteiger partial charge >= 0.3 is 0 Å². The zero-order valence-electron chi connectivity index (χ0n) is 7.87. The molecule has 0 bridgehead atoms. The molecule has 0 rings (SSSR count). The minimum atomic E-state index is -0.409. The molecule has 2 heteroatoms. The van der Waals surface area contributed by atoms with Gasteiger partial charge in [-0.2, -0.15) is 0 Å². The van der Waals surface area contributed by atoms with Crippen LogP contribution in [0.25, 0.3) is 0 Å². The highest BCUT2D eigenvalue weighted by molar-refractivity contribution is 4.96. The van der Waals surface area contributed by atoms with Gasteiger partial charge in [0, 0.05) is 0 Å². The molecule has 0 fully saturated rings. The Hall–Kier alpha value is -0.780. The Balaban J connectivity index is 3.56. The van der Waals surface area contributed by atoms with Crippen LogP contribution in [0.15, 0.2) is 12.2 Å². The molecule has 0 aliphatic rings. The second kappa shape index (κ2) is 6.90. The van der Waals surface area contributed by atoms with Crippen molar-refractivity contribution in [3.05, 3.63) is 12.2 Å². The first-order chi connectivity index (χ1) is 5.66. The van der Waals surface area contributed by atoms with Gasteiger partial charge in [0.25, 0.3) is 0 Å². The maximum atomic E-state index is 8.90. The van der Waals surface area contributed by atoms with E-state index in [4.69, 9.17) is 9.84 Å². The largest absolute Gasteiger partial charge is 0.389 e. The summed E-state index contributed by atoms with van der Waals surface area (Å²) in [4.78, 5) is 0. The van der Waals surface area contributed by atoms with Gasteiger partial charge in [0.1, 0.15) is 6.61 Å². The highest BCUT2D eigenvalue weighted by Gasteiger charge is 1.94. The van der Waals surface area contributed by atoms with Crippen molar-refractivity contribution in [3.63, 3.8) is 0 Å². The Morgan fingerprint density at radius 2 is 2.08 bits per heavy atom. The molecular weight excluding hydrogens is 152 g/mol. The molecule has 12 heavy (non-hydrogen) atoms. The van der Waals surface area contributed by atoms with Crippen molar-refractivity contribution in [2.45, 2.75) is 33.0 Å². The molecule has 1 N–H and O–H groups in total. The van der Waals surface area contributed by atoms with Gasteiger partial charge in [-0.1, -0.05) is 18.1 Å². The van der Waals surface area contributed by atoms with Crippen LogP contribution in [0.2, 0.25) is 0 Å². The Labute approximate surface area is 74.2 Å². The number of rotatable bonds is 4. The molecule has 0 heterocycles. The molecule has 0 aliphatic heterocycles. The third-order valence-electron chi connectivity index (χ3n) is 1.26. The van der Waals surface area contributed by atoms with E-state index in [1.54, 1.807) is 19.9 Å². The first-order valence-electron chi connectivity index (χ1n) is 4.04. The van der Waals surface area contributed by atoms with E-state index in [-0.39, 0.29) is 6.10 Å². The van der Waals surface area contributed by atoms with Crippen molar-refractivity contribution >= 4 is 0 Å². The van der Waals surface area contributed by atoms with Crippen molar-refractivity contribution in [2.75, 3.05) is 6.61 Å². The zero-order chi connectivity index (χ0) is 9.40. The summed E-state index contributed by atoms with van der Waals surface area (Å²) in [6.45, 7) is 5.84. The van der Waals surface area contributed by atoms with Gasteiger partial charge < -0.3 is 9.84 Å². The molecule has 0 aliphatic carbocycles. The van der Waals surface area contributed by atoms with Crippen molar-refractivity contribution < 1.29 is 9.84 Å². The van der Waals surface area contributed by atoms with Gasteiger partial charge in [-0.05, 0) is 20.8 Å². The molecule has 2 nitrogen and oxygen atoms in total. The molecule has 0 radical (unpaired) electrons. The summed E-state index contributed by atoms with van der Waals surface area (Å²) in [5.41, 5.74) is 0. The lowest BCUT2D eigenvalue weighted by Crippen LogP contribution is -2.06. The standard InChI is InChI=1S/C10H16O2/c1-4-5-8-12-10(3)7-6-9(2)11/h6-7,9-11H,8H2,1-3H3/t9-,10+/m0/s1. The van der Waals surface area contributed by atoms with Crippen LogP contribution in [0, 0.1) is 11.8 Å². The molecule has 0 amide bonds. The van der Waals surface area contributed by atoms with Gasteiger partial charge in [-0.25, -0.2) is 0 Å². The predicted molar refractivity (Wildman–Crippen MR) is 49.7 cm³/mol. The van der Waals surface area contributed by atoms with Crippen LogP contribution >= 0.6 is 0 Å². The lowest BCUT2D eigenvalue weighted by molar-refractivity contribution is 0.126. The van der Waals surface area contributed by atoms with Crippen LogP contribution in [-0.4, -0.2) is 23.9 Å². The van der Waals surface area contributed by atoms with Gasteiger partial charge in [-0.15, -0.1) is 5.92 Å². The van der Waals surface area contributed by atoms with E-state index in [1.165, 1.54) is 0 Å². The molecule has 0 aromatic rings. The number of aliphatic hydroxyl groups is 1. The fraction of sp³-hybridized carbons (Fsp3) is 0.600. The van der Waals surface area contributed by atoms with E-state index >= 15 is 0 Å². The molecule has 0 saturated carbocycles. The van der Waals surface area contributed by atoms with Crippen LogP contribution in [0.5, 0.6) is 0 Å². The van der Waals surface area contributed by atoms with Crippen LogP contribution in [0.3, 0.4) is 0 Å². The van der Waals surface area contributed by atoms with Crippen molar-refractivity contribution in [1.82, 2.24) is 0 Å². The predicted octanol–water partition coefficient (Wildman–Crippen LogP) is 1.35. The van der Waals surface area contributed by atoms with E-state index in [9.17, 15) is 0 Å². The number of aliphatic hydroxyl groups excluding tert-OH is 1. The second-order valence-electron chi connectivity index (χ2n) is 2.57. The molecule has 68 valence electrons. The molecular formula is C10H16O2. The maximum Gasteiger partial charge on any atom is 0.108 e. The van der Waals surface area contributed by atoms with E-state index in [0.29, 0.717) is 6.61 Å². The normalized spacial score (nSPS) is 15.3. The van der Waals surface area contributed by atoms with Gasteiger partial charge in [0.05, 0.1) is 12.2 Å². The second-order valence-corrected chi connectivity index (χ2v) is 2.57. The monoisotopic (exact) mass is 168 g/mol. The lowest BCUT2D eigenvalue weighted by atomic mass is 10.3. The van der Waals surface area contributed by atoms with Crippen molar-refractivity contribution in [2.24, 2.45) is 0 Å².